The lowest BCUT2D eigenvalue weighted by Crippen LogP contribution is -2.39. The van der Waals surface area contributed by atoms with E-state index in [9.17, 15) is 19.5 Å². The Balaban J connectivity index is 1.65. The molecule has 0 fully saturated rings. The van der Waals surface area contributed by atoms with Gasteiger partial charge in [0, 0.05) is 17.1 Å². The predicted octanol–water partition coefficient (Wildman–Crippen LogP) is 4.64. The van der Waals surface area contributed by atoms with Crippen LogP contribution in [0.2, 0.25) is 0 Å². The first kappa shape index (κ1) is 28.0. The number of aryl methyl sites for hydroxylation is 1. The maximum absolute atomic E-state index is 14.0. The summed E-state index contributed by atoms with van der Waals surface area (Å²) in [6.45, 7) is 9.92. The van der Waals surface area contributed by atoms with E-state index in [-0.39, 0.29) is 11.1 Å². The van der Waals surface area contributed by atoms with Crippen molar-refractivity contribution in [3.8, 4) is 5.69 Å². The highest BCUT2D eigenvalue weighted by Crippen LogP contribution is 2.31. The highest BCUT2D eigenvalue weighted by atomic mass is 32.1. The van der Waals surface area contributed by atoms with E-state index in [1.165, 1.54) is 18.4 Å². The van der Waals surface area contributed by atoms with Crippen molar-refractivity contribution in [3.05, 3.63) is 119 Å². The Hall–Kier alpha value is -4.50. The molecule has 0 saturated heterocycles. The molecule has 0 saturated carbocycles. The number of allylic oxidation sites excluding steroid dienone is 1. The molecule has 0 bridgehead atoms. The van der Waals surface area contributed by atoms with Gasteiger partial charge in [-0.05, 0) is 79.8 Å². The molecule has 1 aliphatic rings. The minimum Gasteiger partial charge on any atom is -0.478 e. The number of benzene rings is 2. The molecule has 0 unspecified atom stereocenters. The van der Waals surface area contributed by atoms with Crippen LogP contribution in [0.5, 0.6) is 0 Å². The molecular formula is C32H31N3O5S. The van der Waals surface area contributed by atoms with E-state index >= 15 is 0 Å². The van der Waals surface area contributed by atoms with E-state index in [1.807, 2.05) is 54.8 Å². The van der Waals surface area contributed by atoms with Gasteiger partial charge in [-0.25, -0.2) is 14.6 Å². The number of carbonyl (C=O) groups is 2. The van der Waals surface area contributed by atoms with Gasteiger partial charge in [0.25, 0.3) is 5.56 Å². The fourth-order valence-corrected chi connectivity index (χ4v) is 6.33. The average Bonchev–Trinajstić information content (AvgIpc) is 3.41. The van der Waals surface area contributed by atoms with E-state index in [2.05, 4.69) is 18.8 Å². The molecule has 4 aromatic rings. The molecule has 2 aromatic carbocycles. The van der Waals surface area contributed by atoms with Crippen LogP contribution in [0, 0.1) is 13.8 Å². The zero-order chi connectivity index (χ0) is 29.6. The van der Waals surface area contributed by atoms with Crippen LogP contribution in [0.3, 0.4) is 0 Å². The number of ether oxygens (including phenoxy) is 1. The van der Waals surface area contributed by atoms with Crippen molar-refractivity contribution in [1.82, 2.24) is 9.13 Å². The smallest absolute Gasteiger partial charge is 0.338 e. The third kappa shape index (κ3) is 4.97. The zero-order valence-corrected chi connectivity index (χ0v) is 24.6. The van der Waals surface area contributed by atoms with Crippen molar-refractivity contribution >= 4 is 29.4 Å². The Morgan fingerprint density at radius 1 is 1.05 bits per heavy atom. The maximum atomic E-state index is 14.0. The number of thiazole rings is 1. The Morgan fingerprint density at radius 2 is 1.71 bits per heavy atom. The van der Waals surface area contributed by atoms with E-state index in [4.69, 9.17) is 4.74 Å². The lowest BCUT2D eigenvalue weighted by molar-refractivity contribution is -0.136. The van der Waals surface area contributed by atoms with Crippen molar-refractivity contribution in [2.45, 2.75) is 46.6 Å². The lowest BCUT2D eigenvalue weighted by Gasteiger charge is -2.24. The minimum atomic E-state index is -0.978. The number of aromatic nitrogens is 2. The number of methoxy groups -OCH3 is 1. The molecule has 1 N–H and O–H groups in total. The van der Waals surface area contributed by atoms with Crippen molar-refractivity contribution < 1.29 is 19.4 Å². The number of esters is 1. The monoisotopic (exact) mass is 569 g/mol. The van der Waals surface area contributed by atoms with Gasteiger partial charge in [0.15, 0.2) is 4.80 Å². The largest absolute Gasteiger partial charge is 0.478 e. The van der Waals surface area contributed by atoms with Gasteiger partial charge in [-0.1, -0.05) is 49.4 Å². The van der Waals surface area contributed by atoms with Gasteiger partial charge in [-0.15, -0.1) is 0 Å². The second-order valence-corrected chi connectivity index (χ2v) is 11.4. The maximum Gasteiger partial charge on any atom is 0.338 e. The summed E-state index contributed by atoms with van der Waals surface area (Å²) < 4.78 is 9.22. The molecular weight excluding hydrogens is 538 g/mol. The van der Waals surface area contributed by atoms with Crippen LogP contribution in [-0.2, 0) is 9.53 Å². The molecule has 210 valence electrons. The quantitative estimate of drug-likeness (QED) is 0.341. The normalized spacial score (nSPS) is 15.2. The third-order valence-electron chi connectivity index (χ3n) is 7.48. The summed E-state index contributed by atoms with van der Waals surface area (Å²) in [5.41, 5.74) is 6.33. The molecule has 8 nitrogen and oxygen atoms in total. The third-order valence-corrected chi connectivity index (χ3v) is 8.46. The van der Waals surface area contributed by atoms with Gasteiger partial charge >= 0.3 is 11.9 Å². The Bertz CT molecular complexity index is 1890. The molecule has 41 heavy (non-hydrogen) atoms. The SMILES string of the molecule is COC(=O)C1=C(C)N=c2s/c(=C\c3cc(C)n(-c4ccc(C(=O)O)cc4)c3C)c(=O)n2[C@H]1c1ccc(C(C)C)cc1. The van der Waals surface area contributed by atoms with Gasteiger partial charge < -0.3 is 14.4 Å². The Labute approximate surface area is 241 Å². The first-order valence-corrected chi connectivity index (χ1v) is 14.1. The number of carboxylic acid groups (broad SMARTS) is 1. The average molecular weight is 570 g/mol. The molecule has 3 heterocycles. The molecule has 9 heteroatoms. The van der Waals surface area contributed by atoms with Crippen molar-refractivity contribution in [2.24, 2.45) is 4.99 Å². The fourth-order valence-electron chi connectivity index (χ4n) is 5.30. The molecule has 1 aliphatic heterocycles. The summed E-state index contributed by atoms with van der Waals surface area (Å²) in [4.78, 5) is 43.3. The van der Waals surface area contributed by atoms with Gasteiger partial charge in [0.2, 0.25) is 0 Å². The number of hydrogen-bond acceptors (Lipinski definition) is 6. The predicted molar refractivity (Wildman–Crippen MR) is 159 cm³/mol. The van der Waals surface area contributed by atoms with Gasteiger partial charge in [-0.3, -0.25) is 9.36 Å². The number of nitrogens with zero attached hydrogens (tertiary/aromatic N) is 3. The van der Waals surface area contributed by atoms with Gasteiger partial charge in [0.05, 0.1) is 34.5 Å². The molecule has 1 atom stereocenters. The number of rotatable bonds is 6. The van der Waals surface area contributed by atoms with E-state index < -0.39 is 18.0 Å². The summed E-state index contributed by atoms with van der Waals surface area (Å²) in [6.07, 6.45) is 1.85. The van der Waals surface area contributed by atoms with E-state index in [1.54, 1.807) is 35.8 Å². The highest BCUT2D eigenvalue weighted by Gasteiger charge is 2.33. The Kier molecular flexibility index (Phi) is 7.40. The molecule has 0 spiro atoms. The van der Waals surface area contributed by atoms with Gasteiger partial charge in [-0.2, -0.15) is 0 Å². The first-order chi connectivity index (χ1) is 19.5. The zero-order valence-electron chi connectivity index (χ0n) is 23.8. The second-order valence-electron chi connectivity index (χ2n) is 10.4. The van der Waals surface area contributed by atoms with Crippen LogP contribution < -0.4 is 14.9 Å². The fraction of sp³-hybridized carbons (Fsp3) is 0.250. The van der Waals surface area contributed by atoms with Crippen LogP contribution in [0.25, 0.3) is 11.8 Å². The number of aromatic carboxylic acids is 1. The van der Waals surface area contributed by atoms with Crippen LogP contribution >= 0.6 is 11.3 Å². The second kappa shape index (κ2) is 10.8. The first-order valence-electron chi connectivity index (χ1n) is 13.2. The summed E-state index contributed by atoms with van der Waals surface area (Å²) in [7, 11) is 1.33. The minimum absolute atomic E-state index is 0.215. The van der Waals surface area contributed by atoms with Crippen molar-refractivity contribution in [2.75, 3.05) is 7.11 Å². The van der Waals surface area contributed by atoms with Crippen LogP contribution in [0.4, 0.5) is 0 Å². The number of fused-ring (bicyclic) bond motifs is 1. The highest BCUT2D eigenvalue weighted by molar-refractivity contribution is 7.07. The van der Waals surface area contributed by atoms with Crippen molar-refractivity contribution in [3.63, 3.8) is 0 Å². The van der Waals surface area contributed by atoms with Gasteiger partial charge in [0.1, 0.15) is 0 Å². The van der Waals surface area contributed by atoms with Crippen molar-refractivity contribution in [1.29, 1.82) is 0 Å². The van der Waals surface area contributed by atoms with E-state index in [0.717, 1.165) is 33.8 Å². The lowest BCUT2D eigenvalue weighted by atomic mass is 9.93. The summed E-state index contributed by atoms with van der Waals surface area (Å²) in [6, 6.07) is 16.0. The van der Waals surface area contributed by atoms with E-state index in [0.29, 0.717) is 26.5 Å². The summed E-state index contributed by atoms with van der Waals surface area (Å²) in [5, 5.41) is 9.24. The van der Waals surface area contributed by atoms with Crippen LogP contribution in [0.1, 0.15) is 71.2 Å². The number of carboxylic acids is 1. The molecule has 0 aliphatic carbocycles. The molecule has 2 aromatic heterocycles. The number of hydrogen-bond donors (Lipinski definition) is 1. The molecule has 0 radical (unpaired) electrons. The number of carbonyl (C=O) groups excluding carboxylic acids is 1. The summed E-state index contributed by atoms with van der Waals surface area (Å²) >= 11 is 1.28. The van der Waals surface area contributed by atoms with Crippen LogP contribution in [-0.4, -0.2) is 33.3 Å². The summed E-state index contributed by atoms with van der Waals surface area (Å²) in [5.74, 6) is -1.15. The molecule has 5 rings (SSSR count). The Morgan fingerprint density at radius 3 is 2.29 bits per heavy atom. The van der Waals surface area contributed by atoms with Crippen LogP contribution in [0.15, 0.2) is 75.7 Å². The standard InChI is InChI=1S/C32H31N3O5S/c1-17(2)21-7-9-22(10-8-21)28-27(31(39)40-6)19(4)33-32-35(28)29(36)26(41-32)16-24-15-18(3)34(20(24)5)25-13-11-23(12-14-25)30(37)38/h7-17,28H,1-6H3,(H,37,38)/b26-16-/t28-/m0/s1. The molecule has 0 amide bonds. The topological polar surface area (TPSA) is 103 Å².